The quantitative estimate of drug-likeness (QED) is 0.718. The van der Waals surface area contributed by atoms with Crippen molar-refractivity contribution in [3.8, 4) is 0 Å². The zero-order valence-corrected chi connectivity index (χ0v) is 14.2. The summed E-state index contributed by atoms with van der Waals surface area (Å²) >= 11 is 0. The minimum Gasteiger partial charge on any atom is -0.300 e. The number of carbonyl (C=O) groups excluding carboxylic acids is 2. The van der Waals surface area contributed by atoms with E-state index < -0.39 is 0 Å². The van der Waals surface area contributed by atoms with Gasteiger partial charge in [0.05, 0.1) is 0 Å². The molecular formula is C21H26O2. The second-order valence-corrected chi connectivity index (χ2v) is 8.53. The average Bonchev–Trinajstić information content (AvgIpc) is 2.83. The van der Waals surface area contributed by atoms with Crippen LogP contribution < -0.4 is 0 Å². The second-order valence-electron chi connectivity index (χ2n) is 8.53. The fourth-order valence-electron chi connectivity index (χ4n) is 6.20. The summed E-state index contributed by atoms with van der Waals surface area (Å²) in [6.45, 7) is 8.45. The first-order chi connectivity index (χ1) is 10.9. The number of ketones is 2. The van der Waals surface area contributed by atoms with E-state index in [0.29, 0.717) is 42.7 Å². The highest BCUT2D eigenvalue weighted by Gasteiger charge is 2.59. The molecule has 0 aliphatic heterocycles. The monoisotopic (exact) mass is 310 g/mol. The van der Waals surface area contributed by atoms with E-state index >= 15 is 0 Å². The number of Topliss-reactive ketones (excluding diaryl/α,β-unsaturated/α-hetero) is 2. The van der Waals surface area contributed by atoms with Crippen LogP contribution in [0.5, 0.6) is 0 Å². The molecule has 2 nitrogen and oxygen atoms in total. The van der Waals surface area contributed by atoms with Crippen LogP contribution in [0.1, 0.15) is 52.4 Å². The number of allylic oxidation sites excluding steroid dienone is 5. The van der Waals surface area contributed by atoms with Crippen molar-refractivity contribution in [1.29, 1.82) is 0 Å². The average molecular weight is 310 g/mol. The molecule has 4 aliphatic carbocycles. The van der Waals surface area contributed by atoms with E-state index in [1.165, 1.54) is 11.1 Å². The Bertz CT molecular complexity index is 667. The molecule has 4 aliphatic rings. The van der Waals surface area contributed by atoms with E-state index in [-0.39, 0.29) is 16.7 Å². The molecule has 0 bridgehead atoms. The van der Waals surface area contributed by atoms with Crippen molar-refractivity contribution in [3.63, 3.8) is 0 Å². The summed E-state index contributed by atoms with van der Waals surface area (Å²) < 4.78 is 0. The lowest BCUT2D eigenvalue weighted by molar-refractivity contribution is -0.146. The third-order valence-electron chi connectivity index (χ3n) is 7.50. The summed E-state index contributed by atoms with van der Waals surface area (Å²) in [4.78, 5) is 25.1. The van der Waals surface area contributed by atoms with E-state index in [0.717, 1.165) is 19.3 Å². The fraction of sp³-hybridized carbons (Fsp3) is 0.619. The van der Waals surface area contributed by atoms with Crippen molar-refractivity contribution >= 4 is 11.6 Å². The van der Waals surface area contributed by atoms with Crippen LogP contribution in [0.4, 0.5) is 0 Å². The van der Waals surface area contributed by atoms with Gasteiger partial charge in [0.25, 0.3) is 0 Å². The van der Waals surface area contributed by atoms with Gasteiger partial charge in [-0.3, -0.25) is 9.59 Å². The van der Waals surface area contributed by atoms with Gasteiger partial charge >= 0.3 is 0 Å². The van der Waals surface area contributed by atoms with Gasteiger partial charge in [0.1, 0.15) is 11.6 Å². The third-order valence-corrected chi connectivity index (χ3v) is 7.50. The lowest BCUT2D eigenvalue weighted by atomic mass is 9.46. The smallest absolute Gasteiger partial charge is 0.138 e. The van der Waals surface area contributed by atoms with Crippen LogP contribution in [0.15, 0.2) is 36.0 Å². The van der Waals surface area contributed by atoms with Gasteiger partial charge in [-0.1, -0.05) is 44.2 Å². The van der Waals surface area contributed by atoms with Crippen LogP contribution in [0.2, 0.25) is 0 Å². The largest absolute Gasteiger partial charge is 0.300 e. The highest BCUT2D eigenvalue weighted by atomic mass is 16.1. The van der Waals surface area contributed by atoms with Gasteiger partial charge in [0.2, 0.25) is 0 Å². The first-order valence-electron chi connectivity index (χ1n) is 9.00. The van der Waals surface area contributed by atoms with Crippen molar-refractivity contribution in [2.45, 2.75) is 52.4 Å². The topological polar surface area (TPSA) is 34.1 Å². The summed E-state index contributed by atoms with van der Waals surface area (Å²) in [5.41, 5.74) is 2.54. The predicted molar refractivity (Wildman–Crippen MR) is 90.8 cm³/mol. The molecule has 4 rings (SSSR count). The summed E-state index contributed by atoms with van der Waals surface area (Å²) in [7, 11) is 0. The zero-order chi connectivity index (χ0) is 16.4. The van der Waals surface area contributed by atoms with Crippen molar-refractivity contribution in [2.75, 3.05) is 0 Å². The van der Waals surface area contributed by atoms with Crippen LogP contribution in [0.3, 0.4) is 0 Å². The molecule has 3 saturated carbocycles. The molecule has 23 heavy (non-hydrogen) atoms. The van der Waals surface area contributed by atoms with E-state index in [1.54, 1.807) is 0 Å². The normalized spacial score (nSPS) is 45.6. The van der Waals surface area contributed by atoms with Gasteiger partial charge in [-0.15, -0.1) is 0 Å². The molecule has 3 fully saturated rings. The molecule has 0 radical (unpaired) electrons. The zero-order valence-electron chi connectivity index (χ0n) is 14.2. The fourth-order valence-corrected chi connectivity index (χ4v) is 6.20. The van der Waals surface area contributed by atoms with Crippen molar-refractivity contribution in [1.82, 2.24) is 0 Å². The molecule has 0 N–H and O–H groups in total. The van der Waals surface area contributed by atoms with Gasteiger partial charge in [-0.05, 0) is 42.1 Å². The SMILES string of the molecule is C=CC1=CC=C2[C@@H]3CCC4CC(=O)CC[C@]4(C)[C@H]3C(=O)C[C@]12C. The Balaban J connectivity index is 1.74. The molecule has 0 heterocycles. The minimum atomic E-state index is -0.131. The molecule has 5 atom stereocenters. The molecule has 122 valence electrons. The van der Waals surface area contributed by atoms with Crippen LogP contribution in [-0.4, -0.2) is 11.6 Å². The number of carbonyl (C=O) groups is 2. The minimum absolute atomic E-state index is 0.0208. The summed E-state index contributed by atoms with van der Waals surface area (Å²) in [6.07, 6.45) is 11.4. The summed E-state index contributed by atoms with van der Waals surface area (Å²) in [5.74, 6) is 1.71. The number of hydrogen-bond acceptors (Lipinski definition) is 2. The molecule has 2 heteroatoms. The van der Waals surface area contributed by atoms with Crippen LogP contribution in [0, 0.1) is 28.6 Å². The van der Waals surface area contributed by atoms with Gasteiger partial charge in [-0.2, -0.15) is 0 Å². The predicted octanol–water partition coefficient (Wildman–Crippen LogP) is 4.42. The maximum Gasteiger partial charge on any atom is 0.138 e. The van der Waals surface area contributed by atoms with Gasteiger partial charge in [-0.25, -0.2) is 0 Å². The molecule has 1 unspecified atom stereocenters. The highest BCUT2D eigenvalue weighted by molar-refractivity contribution is 5.88. The maximum atomic E-state index is 13.2. The Morgan fingerprint density at radius 3 is 2.74 bits per heavy atom. The van der Waals surface area contributed by atoms with Crippen molar-refractivity contribution in [3.05, 3.63) is 36.0 Å². The van der Waals surface area contributed by atoms with Crippen LogP contribution in [0.25, 0.3) is 0 Å². The second kappa shape index (κ2) is 4.78. The molecule has 0 saturated heterocycles. The van der Waals surface area contributed by atoms with Gasteiger partial charge < -0.3 is 0 Å². The van der Waals surface area contributed by atoms with Crippen LogP contribution >= 0.6 is 0 Å². The molecule has 0 aromatic carbocycles. The van der Waals surface area contributed by atoms with E-state index in [1.807, 2.05) is 6.08 Å². The number of rotatable bonds is 1. The highest BCUT2D eigenvalue weighted by Crippen LogP contribution is 2.63. The Hall–Kier alpha value is -1.44. The van der Waals surface area contributed by atoms with E-state index in [4.69, 9.17) is 0 Å². The van der Waals surface area contributed by atoms with Crippen molar-refractivity contribution in [2.24, 2.45) is 28.6 Å². The van der Waals surface area contributed by atoms with Crippen LogP contribution in [-0.2, 0) is 9.59 Å². The first-order valence-corrected chi connectivity index (χ1v) is 9.00. The molecule has 0 aromatic rings. The summed E-state index contributed by atoms with van der Waals surface area (Å²) in [5, 5.41) is 0. The lowest BCUT2D eigenvalue weighted by Gasteiger charge is -2.57. The maximum absolute atomic E-state index is 13.2. The standard InChI is InChI=1S/C21H26O2/c1-4-13-6-8-17-16-7-5-14-11-15(22)9-10-20(14,2)19(16)18(23)12-21(13,17)3/h4,6,8,14,16,19H,1,5,7,9-12H2,2-3H3/t14?,16-,19+,20-,21+/m0/s1. The van der Waals surface area contributed by atoms with Gasteiger partial charge in [0, 0.05) is 30.6 Å². The Morgan fingerprint density at radius 1 is 1.22 bits per heavy atom. The first kappa shape index (κ1) is 15.1. The third kappa shape index (κ3) is 1.87. The molecule has 0 aromatic heterocycles. The number of fused-ring (bicyclic) bond motifs is 5. The Kier molecular flexibility index (Phi) is 3.14. The van der Waals surface area contributed by atoms with Gasteiger partial charge in [0.15, 0.2) is 0 Å². The lowest BCUT2D eigenvalue weighted by Crippen LogP contribution is -2.54. The van der Waals surface area contributed by atoms with E-state index in [9.17, 15) is 9.59 Å². The van der Waals surface area contributed by atoms with Crippen molar-refractivity contribution < 1.29 is 9.59 Å². The molecular weight excluding hydrogens is 284 g/mol. The summed E-state index contributed by atoms with van der Waals surface area (Å²) in [6, 6.07) is 0. The van der Waals surface area contributed by atoms with E-state index in [2.05, 4.69) is 32.6 Å². The number of hydrogen-bond donors (Lipinski definition) is 0. The molecule has 0 spiro atoms. The molecule has 0 amide bonds. The Morgan fingerprint density at radius 2 is 2.00 bits per heavy atom. The Labute approximate surface area is 138 Å².